The van der Waals surface area contributed by atoms with E-state index in [1.807, 2.05) is 12.1 Å². The molecule has 0 aromatic heterocycles. The number of rotatable bonds is 5. The van der Waals surface area contributed by atoms with Gasteiger partial charge in [-0.2, -0.15) is 0 Å². The highest BCUT2D eigenvalue weighted by atomic mass is 16.5. The van der Waals surface area contributed by atoms with Crippen LogP contribution in [0.5, 0.6) is 5.75 Å². The Bertz CT molecular complexity index is 479. The summed E-state index contributed by atoms with van der Waals surface area (Å²) in [5.41, 5.74) is 7.47. The third-order valence-corrected chi connectivity index (χ3v) is 3.61. The largest absolute Gasteiger partial charge is 0.496 e. The number of carbonyl (C=O) groups is 1. The fourth-order valence-electron chi connectivity index (χ4n) is 2.07. The number of methoxy groups -OCH3 is 1. The summed E-state index contributed by atoms with van der Waals surface area (Å²) in [5, 5.41) is 2.90. The Balaban J connectivity index is 2.04. The van der Waals surface area contributed by atoms with Crippen molar-refractivity contribution in [3.8, 4) is 5.75 Å². The first-order valence-electron chi connectivity index (χ1n) is 6.70. The predicted molar refractivity (Wildman–Crippen MR) is 75.1 cm³/mol. The van der Waals surface area contributed by atoms with Crippen molar-refractivity contribution < 1.29 is 9.53 Å². The molecule has 19 heavy (non-hydrogen) atoms. The van der Waals surface area contributed by atoms with Gasteiger partial charge in [0.1, 0.15) is 5.75 Å². The van der Waals surface area contributed by atoms with E-state index in [2.05, 4.69) is 25.2 Å². The van der Waals surface area contributed by atoms with Crippen molar-refractivity contribution in [3.63, 3.8) is 0 Å². The highest BCUT2D eigenvalue weighted by Crippen LogP contribution is 2.32. The highest BCUT2D eigenvalue weighted by Gasteiger charge is 2.45. The Labute approximate surface area is 114 Å². The summed E-state index contributed by atoms with van der Waals surface area (Å²) in [6.45, 7) is 4.76. The van der Waals surface area contributed by atoms with E-state index < -0.39 is 5.54 Å². The van der Waals surface area contributed by atoms with E-state index in [4.69, 9.17) is 10.5 Å². The van der Waals surface area contributed by atoms with Gasteiger partial charge in [-0.15, -0.1) is 0 Å². The Morgan fingerprint density at radius 1 is 1.47 bits per heavy atom. The number of nitrogens with two attached hydrogens (primary N) is 1. The summed E-state index contributed by atoms with van der Waals surface area (Å²) in [4.78, 5) is 11.8. The second-order valence-corrected chi connectivity index (χ2v) is 5.57. The highest BCUT2D eigenvalue weighted by molar-refractivity contribution is 5.88. The first-order chi connectivity index (χ1) is 8.96. The van der Waals surface area contributed by atoms with Gasteiger partial charge in [0, 0.05) is 6.54 Å². The van der Waals surface area contributed by atoms with Crippen molar-refractivity contribution in [1.29, 1.82) is 0 Å². The van der Waals surface area contributed by atoms with Gasteiger partial charge < -0.3 is 15.8 Å². The summed E-state index contributed by atoms with van der Waals surface area (Å²) < 4.78 is 5.34. The first-order valence-corrected chi connectivity index (χ1v) is 6.70. The van der Waals surface area contributed by atoms with E-state index >= 15 is 0 Å². The maximum absolute atomic E-state index is 11.8. The summed E-state index contributed by atoms with van der Waals surface area (Å²) >= 11 is 0. The zero-order valence-electron chi connectivity index (χ0n) is 11.8. The minimum atomic E-state index is -0.604. The molecule has 1 fully saturated rings. The lowest BCUT2D eigenvalue weighted by molar-refractivity contribution is -0.123. The van der Waals surface area contributed by atoms with Crippen LogP contribution in [-0.2, 0) is 11.3 Å². The standard InChI is InChI=1S/C15H22N2O2/c1-10(2)12-8-11(4-5-13(12)19-3)9-17-14(18)15(16)6-7-15/h4-5,8,10H,6-7,9,16H2,1-3H3,(H,17,18). The Kier molecular flexibility index (Phi) is 3.80. The topological polar surface area (TPSA) is 64.3 Å². The lowest BCUT2D eigenvalue weighted by Gasteiger charge is -2.15. The lowest BCUT2D eigenvalue weighted by Crippen LogP contribution is -2.42. The van der Waals surface area contributed by atoms with Crippen LogP contribution in [0.15, 0.2) is 18.2 Å². The zero-order chi connectivity index (χ0) is 14.0. The molecule has 3 N–H and O–H groups in total. The van der Waals surface area contributed by atoms with Gasteiger partial charge in [-0.3, -0.25) is 4.79 Å². The molecule has 1 amide bonds. The summed E-state index contributed by atoms with van der Waals surface area (Å²) in [6, 6.07) is 6.01. The van der Waals surface area contributed by atoms with Crippen molar-refractivity contribution in [2.75, 3.05) is 7.11 Å². The van der Waals surface area contributed by atoms with Gasteiger partial charge in [-0.1, -0.05) is 26.0 Å². The third-order valence-electron chi connectivity index (χ3n) is 3.61. The van der Waals surface area contributed by atoms with Crippen LogP contribution in [0.2, 0.25) is 0 Å². The van der Waals surface area contributed by atoms with Crippen molar-refractivity contribution >= 4 is 5.91 Å². The molecule has 0 heterocycles. The van der Waals surface area contributed by atoms with Crippen molar-refractivity contribution in [2.45, 2.75) is 44.7 Å². The molecule has 1 aromatic carbocycles. The van der Waals surface area contributed by atoms with Crippen LogP contribution in [-0.4, -0.2) is 18.6 Å². The van der Waals surface area contributed by atoms with E-state index in [9.17, 15) is 4.79 Å². The van der Waals surface area contributed by atoms with Crippen molar-refractivity contribution in [3.05, 3.63) is 29.3 Å². The smallest absolute Gasteiger partial charge is 0.240 e. The maximum Gasteiger partial charge on any atom is 0.240 e. The maximum atomic E-state index is 11.8. The number of benzene rings is 1. The van der Waals surface area contributed by atoms with E-state index in [1.165, 1.54) is 0 Å². The molecule has 0 unspecified atom stereocenters. The van der Waals surface area contributed by atoms with Crippen LogP contribution in [0.4, 0.5) is 0 Å². The SMILES string of the molecule is COc1ccc(CNC(=O)C2(N)CC2)cc1C(C)C. The van der Waals surface area contributed by atoms with E-state index in [0.717, 1.165) is 29.7 Å². The average Bonchev–Trinajstić information content (AvgIpc) is 3.14. The van der Waals surface area contributed by atoms with Crippen LogP contribution >= 0.6 is 0 Å². The van der Waals surface area contributed by atoms with E-state index in [-0.39, 0.29) is 5.91 Å². The second-order valence-electron chi connectivity index (χ2n) is 5.57. The Morgan fingerprint density at radius 3 is 2.68 bits per heavy atom. The third kappa shape index (κ3) is 3.07. The number of nitrogens with one attached hydrogen (secondary N) is 1. The number of hydrogen-bond donors (Lipinski definition) is 2. The Morgan fingerprint density at radius 2 is 2.16 bits per heavy atom. The van der Waals surface area contributed by atoms with Gasteiger partial charge in [-0.05, 0) is 36.0 Å². The summed E-state index contributed by atoms with van der Waals surface area (Å²) in [5.74, 6) is 1.23. The fraction of sp³-hybridized carbons (Fsp3) is 0.533. The molecule has 0 spiro atoms. The lowest BCUT2D eigenvalue weighted by atomic mass is 9.99. The molecule has 1 aliphatic rings. The molecule has 104 valence electrons. The minimum Gasteiger partial charge on any atom is -0.496 e. The predicted octanol–water partition coefficient (Wildman–Crippen LogP) is 1.93. The molecule has 0 saturated heterocycles. The monoisotopic (exact) mass is 262 g/mol. The van der Waals surface area contributed by atoms with Crippen molar-refractivity contribution in [1.82, 2.24) is 5.32 Å². The van der Waals surface area contributed by atoms with Crippen molar-refractivity contribution in [2.24, 2.45) is 5.73 Å². The average molecular weight is 262 g/mol. The summed E-state index contributed by atoms with van der Waals surface area (Å²) in [6.07, 6.45) is 1.58. The van der Waals surface area contributed by atoms with Crippen LogP contribution in [0, 0.1) is 0 Å². The van der Waals surface area contributed by atoms with Gasteiger partial charge in [0.15, 0.2) is 0 Å². The number of amides is 1. The summed E-state index contributed by atoms with van der Waals surface area (Å²) in [7, 11) is 1.67. The fourth-order valence-corrected chi connectivity index (χ4v) is 2.07. The van der Waals surface area contributed by atoms with Gasteiger partial charge in [-0.25, -0.2) is 0 Å². The van der Waals surface area contributed by atoms with Gasteiger partial charge >= 0.3 is 0 Å². The Hall–Kier alpha value is -1.55. The first kappa shape index (κ1) is 13.9. The molecule has 2 rings (SSSR count). The van der Waals surface area contributed by atoms with Crippen LogP contribution in [0.3, 0.4) is 0 Å². The molecule has 0 bridgehead atoms. The van der Waals surface area contributed by atoms with E-state index in [1.54, 1.807) is 7.11 Å². The molecule has 0 radical (unpaired) electrons. The number of hydrogen-bond acceptors (Lipinski definition) is 3. The zero-order valence-corrected chi connectivity index (χ0v) is 11.8. The van der Waals surface area contributed by atoms with Gasteiger partial charge in [0.2, 0.25) is 5.91 Å². The molecular formula is C15H22N2O2. The molecule has 0 aliphatic heterocycles. The molecule has 4 heteroatoms. The number of ether oxygens (including phenoxy) is 1. The second kappa shape index (κ2) is 5.21. The van der Waals surface area contributed by atoms with Gasteiger partial charge in [0.05, 0.1) is 12.6 Å². The number of carbonyl (C=O) groups excluding carboxylic acids is 1. The molecule has 0 atom stereocenters. The van der Waals surface area contributed by atoms with Crippen LogP contribution in [0.1, 0.15) is 43.7 Å². The molecular weight excluding hydrogens is 240 g/mol. The van der Waals surface area contributed by atoms with Crippen LogP contribution < -0.4 is 15.8 Å². The molecule has 1 saturated carbocycles. The minimum absolute atomic E-state index is 0.0468. The van der Waals surface area contributed by atoms with Crippen LogP contribution in [0.25, 0.3) is 0 Å². The van der Waals surface area contributed by atoms with Gasteiger partial charge in [0.25, 0.3) is 0 Å². The van der Waals surface area contributed by atoms with E-state index in [0.29, 0.717) is 12.5 Å². The molecule has 4 nitrogen and oxygen atoms in total. The molecule has 1 aromatic rings. The molecule has 1 aliphatic carbocycles. The quantitative estimate of drug-likeness (QED) is 0.852. The normalized spacial score (nSPS) is 16.3.